The first-order valence-electron chi connectivity index (χ1n) is 5.92. The Kier molecular flexibility index (Phi) is 3.45. The van der Waals surface area contributed by atoms with Crippen LogP contribution in [0.3, 0.4) is 0 Å². The summed E-state index contributed by atoms with van der Waals surface area (Å²) in [6.07, 6.45) is 5.61. The van der Waals surface area contributed by atoms with Crippen LogP contribution in [-0.2, 0) is 0 Å². The molecule has 86 valence electrons. The fraction of sp³-hybridized carbons (Fsp3) is 0.667. The zero-order valence-electron chi connectivity index (χ0n) is 9.48. The Hall–Kier alpha value is -1.50. The highest BCUT2D eigenvalue weighted by atomic mass is 16.2. The molecule has 2 rings (SSSR count). The molecule has 0 aromatic carbocycles. The van der Waals surface area contributed by atoms with Gasteiger partial charge in [0.15, 0.2) is 0 Å². The predicted molar refractivity (Wildman–Crippen MR) is 60.7 cm³/mol. The summed E-state index contributed by atoms with van der Waals surface area (Å²) >= 11 is 0. The molecular formula is C12H17N3O. The first-order valence-corrected chi connectivity index (χ1v) is 5.92. The first kappa shape index (κ1) is 11.0. The van der Waals surface area contributed by atoms with Gasteiger partial charge in [0.25, 0.3) is 0 Å². The number of rotatable bonds is 0. The van der Waals surface area contributed by atoms with E-state index in [2.05, 4.69) is 6.07 Å². The number of likely N-dealkylation sites (tertiary alicyclic amines) is 2. The van der Waals surface area contributed by atoms with Gasteiger partial charge in [-0.15, -0.1) is 0 Å². The Morgan fingerprint density at radius 2 is 1.69 bits per heavy atom. The molecule has 16 heavy (non-hydrogen) atoms. The van der Waals surface area contributed by atoms with Gasteiger partial charge in [0.2, 0.25) is 0 Å². The van der Waals surface area contributed by atoms with Crippen molar-refractivity contribution < 1.29 is 4.79 Å². The molecule has 0 saturated carbocycles. The van der Waals surface area contributed by atoms with Gasteiger partial charge < -0.3 is 9.80 Å². The highest BCUT2D eigenvalue weighted by Crippen LogP contribution is 2.18. The molecule has 0 aliphatic carbocycles. The number of hydrogen-bond acceptors (Lipinski definition) is 2. The number of hydrogen-bond donors (Lipinski definition) is 0. The number of carbonyl (C=O) groups is 1. The molecule has 4 heteroatoms. The molecule has 2 aliphatic heterocycles. The van der Waals surface area contributed by atoms with Crippen LogP contribution in [0.25, 0.3) is 0 Å². The Labute approximate surface area is 96.1 Å². The SMILES string of the molecule is N#CC=C1CCN(C(=O)N2CCCC2)CC1. The molecule has 0 radical (unpaired) electrons. The number of carbonyl (C=O) groups excluding carboxylic acids is 1. The molecule has 0 aromatic rings. The smallest absolute Gasteiger partial charge is 0.320 e. The maximum atomic E-state index is 12.0. The molecule has 2 saturated heterocycles. The van der Waals surface area contributed by atoms with E-state index in [-0.39, 0.29) is 6.03 Å². The number of urea groups is 1. The first-order chi connectivity index (χ1) is 7.81. The molecule has 2 heterocycles. The summed E-state index contributed by atoms with van der Waals surface area (Å²) < 4.78 is 0. The van der Waals surface area contributed by atoms with Gasteiger partial charge in [-0.3, -0.25) is 0 Å². The minimum absolute atomic E-state index is 0.188. The monoisotopic (exact) mass is 219 g/mol. The fourth-order valence-corrected chi connectivity index (χ4v) is 2.33. The molecule has 0 spiro atoms. The lowest BCUT2D eigenvalue weighted by Crippen LogP contribution is -2.44. The third kappa shape index (κ3) is 2.35. The lowest BCUT2D eigenvalue weighted by atomic mass is 10.0. The summed E-state index contributed by atoms with van der Waals surface area (Å²) in [5.41, 5.74) is 1.17. The van der Waals surface area contributed by atoms with Gasteiger partial charge in [0, 0.05) is 32.3 Å². The van der Waals surface area contributed by atoms with Crippen LogP contribution in [0.15, 0.2) is 11.6 Å². The lowest BCUT2D eigenvalue weighted by Gasteiger charge is -2.31. The number of piperidine rings is 1. The molecule has 0 aromatic heterocycles. The van der Waals surface area contributed by atoms with Gasteiger partial charge in [-0.05, 0) is 25.7 Å². The van der Waals surface area contributed by atoms with Gasteiger partial charge in [0.05, 0.1) is 6.07 Å². The van der Waals surface area contributed by atoms with Gasteiger partial charge in [-0.2, -0.15) is 5.26 Å². The average molecular weight is 219 g/mol. The largest absolute Gasteiger partial charge is 0.325 e. The van der Waals surface area contributed by atoms with Crippen molar-refractivity contribution in [1.82, 2.24) is 9.80 Å². The third-order valence-electron chi connectivity index (χ3n) is 3.32. The second kappa shape index (κ2) is 5.02. The van der Waals surface area contributed by atoms with E-state index >= 15 is 0 Å². The van der Waals surface area contributed by atoms with Crippen LogP contribution in [-0.4, -0.2) is 42.0 Å². The van der Waals surface area contributed by atoms with Crippen molar-refractivity contribution >= 4 is 6.03 Å². The van der Waals surface area contributed by atoms with Crippen molar-refractivity contribution in [2.75, 3.05) is 26.2 Å². The van der Waals surface area contributed by atoms with E-state index in [1.165, 1.54) is 5.57 Å². The van der Waals surface area contributed by atoms with Gasteiger partial charge in [0.1, 0.15) is 0 Å². The standard InChI is InChI=1S/C12H17N3O/c13-6-3-11-4-9-15(10-5-11)12(16)14-7-1-2-8-14/h3H,1-2,4-5,7-10H2. The van der Waals surface area contributed by atoms with Crippen molar-refractivity contribution in [3.8, 4) is 6.07 Å². The van der Waals surface area contributed by atoms with Crippen LogP contribution >= 0.6 is 0 Å². The number of nitrogens with zero attached hydrogens (tertiary/aromatic N) is 3. The van der Waals surface area contributed by atoms with E-state index in [9.17, 15) is 4.79 Å². The Morgan fingerprint density at radius 3 is 2.25 bits per heavy atom. The van der Waals surface area contributed by atoms with E-state index in [4.69, 9.17) is 5.26 Å². The number of allylic oxidation sites excluding steroid dienone is 1. The van der Waals surface area contributed by atoms with Crippen molar-refractivity contribution in [2.24, 2.45) is 0 Å². The van der Waals surface area contributed by atoms with Crippen molar-refractivity contribution in [3.05, 3.63) is 11.6 Å². The van der Waals surface area contributed by atoms with Gasteiger partial charge in [-0.25, -0.2) is 4.79 Å². The van der Waals surface area contributed by atoms with Gasteiger partial charge in [-0.1, -0.05) is 5.57 Å². The van der Waals surface area contributed by atoms with E-state index in [1.54, 1.807) is 6.08 Å². The van der Waals surface area contributed by atoms with Crippen LogP contribution in [0.2, 0.25) is 0 Å². The van der Waals surface area contributed by atoms with Gasteiger partial charge >= 0.3 is 6.03 Å². The van der Waals surface area contributed by atoms with E-state index < -0.39 is 0 Å². The molecule has 2 amide bonds. The molecule has 0 atom stereocenters. The summed E-state index contributed by atoms with van der Waals surface area (Å²) in [4.78, 5) is 15.9. The molecule has 0 N–H and O–H groups in total. The summed E-state index contributed by atoms with van der Waals surface area (Å²) in [5, 5.41) is 8.55. The zero-order chi connectivity index (χ0) is 11.4. The third-order valence-corrected chi connectivity index (χ3v) is 3.32. The summed E-state index contributed by atoms with van der Waals surface area (Å²) in [7, 11) is 0. The number of amides is 2. The molecule has 0 bridgehead atoms. The predicted octanol–water partition coefficient (Wildman–Crippen LogP) is 1.75. The van der Waals surface area contributed by atoms with Crippen LogP contribution in [0.5, 0.6) is 0 Å². The average Bonchev–Trinajstić information content (AvgIpc) is 2.83. The summed E-state index contributed by atoms with van der Waals surface area (Å²) in [5.74, 6) is 0. The van der Waals surface area contributed by atoms with E-state index in [0.29, 0.717) is 0 Å². The van der Waals surface area contributed by atoms with E-state index in [0.717, 1.165) is 51.9 Å². The van der Waals surface area contributed by atoms with Crippen LogP contribution in [0.4, 0.5) is 4.79 Å². The topological polar surface area (TPSA) is 47.3 Å². The van der Waals surface area contributed by atoms with Crippen molar-refractivity contribution in [3.63, 3.8) is 0 Å². The van der Waals surface area contributed by atoms with Crippen LogP contribution in [0, 0.1) is 11.3 Å². The zero-order valence-corrected chi connectivity index (χ0v) is 9.48. The van der Waals surface area contributed by atoms with Crippen LogP contribution < -0.4 is 0 Å². The fourth-order valence-electron chi connectivity index (χ4n) is 2.33. The van der Waals surface area contributed by atoms with E-state index in [1.807, 2.05) is 9.80 Å². The normalized spacial score (nSPS) is 20.8. The van der Waals surface area contributed by atoms with Crippen LogP contribution in [0.1, 0.15) is 25.7 Å². The molecule has 4 nitrogen and oxygen atoms in total. The minimum atomic E-state index is 0.188. The highest BCUT2D eigenvalue weighted by molar-refractivity contribution is 5.75. The Bertz CT molecular complexity index is 327. The maximum absolute atomic E-state index is 12.0. The lowest BCUT2D eigenvalue weighted by molar-refractivity contribution is 0.159. The molecule has 0 unspecified atom stereocenters. The second-order valence-corrected chi connectivity index (χ2v) is 4.40. The Balaban J connectivity index is 1.86. The summed E-state index contributed by atoms with van der Waals surface area (Å²) in [6.45, 7) is 3.36. The highest BCUT2D eigenvalue weighted by Gasteiger charge is 2.25. The van der Waals surface area contributed by atoms with Crippen molar-refractivity contribution in [2.45, 2.75) is 25.7 Å². The minimum Gasteiger partial charge on any atom is -0.325 e. The Morgan fingerprint density at radius 1 is 1.12 bits per heavy atom. The second-order valence-electron chi connectivity index (χ2n) is 4.40. The number of nitriles is 1. The molecular weight excluding hydrogens is 202 g/mol. The maximum Gasteiger partial charge on any atom is 0.320 e. The quantitative estimate of drug-likeness (QED) is 0.583. The van der Waals surface area contributed by atoms with Crippen molar-refractivity contribution in [1.29, 1.82) is 5.26 Å². The summed E-state index contributed by atoms with van der Waals surface area (Å²) in [6, 6.07) is 2.25. The molecule has 2 aliphatic rings. The molecule has 2 fully saturated rings.